The first kappa shape index (κ1) is 12.3. The molecule has 5 heteroatoms. The minimum Gasteiger partial charge on any atom is -0.452 e. The summed E-state index contributed by atoms with van der Waals surface area (Å²) >= 11 is 3.14. The van der Waals surface area contributed by atoms with Crippen molar-refractivity contribution in [2.45, 2.75) is 13.0 Å². The van der Waals surface area contributed by atoms with Crippen LogP contribution < -0.4 is 5.73 Å². The van der Waals surface area contributed by atoms with E-state index in [1.807, 2.05) is 0 Å². The average Bonchev–Trinajstić information content (AvgIpc) is 2.69. The molecule has 0 saturated heterocycles. The maximum Gasteiger partial charge on any atom is 0.169 e. The lowest BCUT2D eigenvalue weighted by Gasteiger charge is -2.11. The van der Waals surface area contributed by atoms with Crippen LogP contribution in [-0.2, 0) is 0 Å². The first-order valence-corrected chi connectivity index (χ1v) is 5.74. The molecule has 2 aromatic rings. The number of hydrogen-bond donors (Lipinski definition) is 1. The Morgan fingerprint density at radius 3 is 2.53 bits per heavy atom. The van der Waals surface area contributed by atoms with Gasteiger partial charge in [-0.2, -0.15) is 0 Å². The minimum absolute atomic E-state index is 0.214. The maximum atomic E-state index is 13.6. The molecule has 0 spiro atoms. The highest BCUT2D eigenvalue weighted by atomic mass is 79.9. The molecule has 0 fully saturated rings. The summed E-state index contributed by atoms with van der Waals surface area (Å²) in [5.41, 5.74) is 6.44. The van der Waals surface area contributed by atoms with Crippen molar-refractivity contribution in [3.05, 3.63) is 57.5 Å². The molecule has 2 rings (SSSR count). The summed E-state index contributed by atoms with van der Waals surface area (Å²) in [7, 11) is 0. The van der Waals surface area contributed by atoms with Crippen LogP contribution in [0.3, 0.4) is 0 Å². The van der Waals surface area contributed by atoms with Crippen LogP contribution in [0.2, 0.25) is 0 Å². The second-order valence-electron chi connectivity index (χ2n) is 3.74. The smallest absolute Gasteiger partial charge is 0.169 e. The van der Waals surface area contributed by atoms with Crippen molar-refractivity contribution in [3.8, 4) is 0 Å². The molecule has 0 aliphatic rings. The molecule has 1 atom stereocenters. The highest BCUT2D eigenvalue weighted by molar-refractivity contribution is 9.10. The first-order valence-electron chi connectivity index (χ1n) is 4.95. The van der Waals surface area contributed by atoms with E-state index in [1.165, 1.54) is 6.07 Å². The van der Waals surface area contributed by atoms with E-state index in [-0.39, 0.29) is 5.56 Å². The normalized spacial score (nSPS) is 12.8. The van der Waals surface area contributed by atoms with Crippen LogP contribution in [0.1, 0.15) is 22.9 Å². The number of rotatable bonds is 2. The van der Waals surface area contributed by atoms with Gasteiger partial charge >= 0.3 is 0 Å². The average molecular weight is 302 g/mol. The molecular formula is C12H10BrF2NO. The number of hydrogen-bond acceptors (Lipinski definition) is 2. The van der Waals surface area contributed by atoms with Gasteiger partial charge in [0.15, 0.2) is 4.67 Å². The van der Waals surface area contributed by atoms with Crippen molar-refractivity contribution in [1.29, 1.82) is 0 Å². The topological polar surface area (TPSA) is 39.2 Å². The molecule has 0 radical (unpaired) electrons. The third-order valence-corrected chi connectivity index (χ3v) is 2.94. The van der Waals surface area contributed by atoms with Gasteiger partial charge in [0.05, 0.1) is 6.04 Å². The van der Waals surface area contributed by atoms with Crippen LogP contribution in [0, 0.1) is 18.6 Å². The van der Waals surface area contributed by atoms with Crippen molar-refractivity contribution in [2.75, 3.05) is 0 Å². The van der Waals surface area contributed by atoms with Crippen LogP contribution >= 0.6 is 15.9 Å². The van der Waals surface area contributed by atoms with Crippen molar-refractivity contribution in [3.63, 3.8) is 0 Å². The van der Waals surface area contributed by atoms with E-state index in [9.17, 15) is 8.78 Å². The van der Waals surface area contributed by atoms with Crippen molar-refractivity contribution >= 4 is 15.9 Å². The second kappa shape index (κ2) is 4.58. The van der Waals surface area contributed by atoms with Crippen molar-refractivity contribution in [2.24, 2.45) is 5.73 Å². The molecule has 2 nitrogen and oxygen atoms in total. The minimum atomic E-state index is -0.749. The zero-order valence-electron chi connectivity index (χ0n) is 9.01. The molecule has 0 bridgehead atoms. The quantitative estimate of drug-likeness (QED) is 0.919. The lowest BCUT2D eigenvalue weighted by molar-refractivity contribution is 0.461. The Bertz CT molecular complexity index is 553. The summed E-state index contributed by atoms with van der Waals surface area (Å²) < 4.78 is 32.5. The Kier molecular flexibility index (Phi) is 3.31. The predicted octanol–water partition coefficient (Wildman–Crippen LogP) is 3.68. The summed E-state index contributed by atoms with van der Waals surface area (Å²) in [6, 6.07) is 4.80. The molecule has 0 aliphatic heterocycles. The fraction of sp³-hybridized carbons (Fsp3) is 0.167. The van der Waals surface area contributed by atoms with Crippen LogP contribution in [0.25, 0.3) is 0 Å². The van der Waals surface area contributed by atoms with E-state index in [4.69, 9.17) is 10.2 Å². The van der Waals surface area contributed by atoms with Crippen LogP contribution in [0.5, 0.6) is 0 Å². The highest BCUT2D eigenvalue weighted by Crippen LogP contribution is 2.27. The highest BCUT2D eigenvalue weighted by Gasteiger charge is 2.18. The molecule has 2 N–H and O–H groups in total. The maximum absolute atomic E-state index is 13.6. The summed E-state index contributed by atoms with van der Waals surface area (Å²) in [6.45, 7) is 1.56. The van der Waals surface area contributed by atoms with Gasteiger partial charge in [0, 0.05) is 11.6 Å². The third-order valence-electron chi connectivity index (χ3n) is 2.51. The van der Waals surface area contributed by atoms with Gasteiger partial charge in [-0.1, -0.05) is 0 Å². The number of furan rings is 1. The molecule has 1 heterocycles. The third kappa shape index (κ3) is 2.40. The second-order valence-corrected chi connectivity index (χ2v) is 4.52. The molecule has 1 aromatic carbocycles. The molecule has 90 valence electrons. The number of halogens is 3. The molecule has 1 aromatic heterocycles. The van der Waals surface area contributed by atoms with Gasteiger partial charge in [-0.25, -0.2) is 8.78 Å². The Morgan fingerprint density at radius 2 is 1.94 bits per heavy atom. The largest absolute Gasteiger partial charge is 0.452 e. The number of nitrogens with two attached hydrogens (primary N) is 1. The van der Waals surface area contributed by atoms with E-state index < -0.39 is 17.7 Å². The Morgan fingerprint density at radius 1 is 1.24 bits per heavy atom. The molecule has 17 heavy (non-hydrogen) atoms. The summed E-state index contributed by atoms with van der Waals surface area (Å²) in [5, 5.41) is 0. The fourth-order valence-electron chi connectivity index (χ4n) is 1.57. The Balaban J connectivity index is 2.43. The number of aryl methyl sites for hydroxylation is 1. The summed E-state index contributed by atoms with van der Waals surface area (Å²) in [6.07, 6.45) is 0. The van der Waals surface area contributed by atoms with E-state index in [2.05, 4.69) is 15.9 Å². The lowest BCUT2D eigenvalue weighted by Crippen LogP contribution is -2.13. The van der Waals surface area contributed by atoms with Crippen LogP contribution in [0.4, 0.5) is 8.78 Å². The first-order chi connectivity index (χ1) is 7.99. The van der Waals surface area contributed by atoms with Crippen LogP contribution in [0.15, 0.2) is 33.4 Å². The van der Waals surface area contributed by atoms with Crippen molar-refractivity contribution < 1.29 is 13.2 Å². The molecular weight excluding hydrogens is 292 g/mol. The fourth-order valence-corrected chi connectivity index (χ4v) is 1.89. The summed E-state index contributed by atoms with van der Waals surface area (Å²) in [4.78, 5) is 0. The Labute approximate surface area is 106 Å². The van der Waals surface area contributed by atoms with E-state index in [0.717, 1.165) is 6.07 Å². The van der Waals surface area contributed by atoms with Gasteiger partial charge in [-0.05, 0) is 46.6 Å². The van der Waals surface area contributed by atoms with Gasteiger partial charge in [0.2, 0.25) is 0 Å². The monoisotopic (exact) mass is 301 g/mol. The molecule has 0 amide bonds. The van der Waals surface area contributed by atoms with Gasteiger partial charge in [0.25, 0.3) is 0 Å². The SMILES string of the molecule is Cc1cc(C(N)c2ccc(Br)o2)c(F)cc1F. The number of benzene rings is 1. The van der Waals surface area contributed by atoms with Gasteiger partial charge in [-0.15, -0.1) is 0 Å². The zero-order valence-corrected chi connectivity index (χ0v) is 10.6. The van der Waals surface area contributed by atoms with E-state index in [0.29, 0.717) is 16.0 Å². The zero-order chi connectivity index (χ0) is 12.6. The standard InChI is InChI=1S/C12H10BrF2NO/c1-6-4-7(9(15)5-8(6)14)12(16)10-2-3-11(13)17-10/h2-5,12H,16H2,1H3. The molecule has 1 unspecified atom stereocenters. The van der Waals surface area contributed by atoms with E-state index >= 15 is 0 Å². The molecule has 0 aliphatic carbocycles. The van der Waals surface area contributed by atoms with Crippen LogP contribution in [-0.4, -0.2) is 0 Å². The van der Waals surface area contributed by atoms with Crippen molar-refractivity contribution in [1.82, 2.24) is 0 Å². The van der Waals surface area contributed by atoms with Gasteiger partial charge < -0.3 is 10.2 Å². The van der Waals surface area contributed by atoms with E-state index in [1.54, 1.807) is 19.1 Å². The predicted molar refractivity (Wildman–Crippen MR) is 63.5 cm³/mol. The Hall–Kier alpha value is -1.20. The van der Waals surface area contributed by atoms with Gasteiger partial charge in [0.1, 0.15) is 17.4 Å². The molecule has 0 saturated carbocycles. The summed E-state index contributed by atoms with van der Waals surface area (Å²) in [5.74, 6) is -0.839. The lowest BCUT2D eigenvalue weighted by atomic mass is 10.0. The van der Waals surface area contributed by atoms with Gasteiger partial charge in [-0.3, -0.25) is 0 Å².